The van der Waals surface area contributed by atoms with E-state index < -0.39 is 11.7 Å². The molecule has 3 rings (SSSR count). The van der Waals surface area contributed by atoms with Gasteiger partial charge in [-0.05, 0) is 51.8 Å². The van der Waals surface area contributed by atoms with Crippen LogP contribution >= 0.6 is 0 Å². The van der Waals surface area contributed by atoms with Gasteiger partial charge in [0.1, 0.15) is 5.60 Å². The van der Waals surface area contributed by atoms with Crippen molar-refractivity contribution in [1.82, 2.24) is 15.1 Å². The highest BCUT2D eigenvalue weighted by Crippen LogP contribution is 2.41. The summed E-state index contributed by atoms with van der Waals surface area (Å²) in [5, 5.41) is 9.89. The van der Waals surface area contributed by atoms with Gasteiger partial charge in [-0.25, -0.2) is 4.79 Å². The van der Waals surface area contributed by atoms with Gasteiger partial charge in [0.2, 0.25) is 0 Å². The van der Waals surface area contributed by atoms with E-state index in [-0.39, 0.29) is 17.9 Å². The number of aryl methyl sites for hydroxylation is 1. The Morgan fingerprint density at radius 1 is 1.33 bits per heavy atom. The first-order valence-corrected chi connectivity index (χ1v) is 9.18. The molecule has 0 bridgehead atoms. The fraction of sp³-hybridized carbons (Fsp3) is 0.450. The number of rotatable bonds is 5. The molecule has 7 nitrogen and oxygen atoms in total. The molecule has 2 aromatic rings. The molecule has 27 heavy (non-hydrogen) atoms. The van der Waals surface area contributed by atoms with Gasteiger partial charge in [-0.1, -0.05) is 12.1 Å². The van der Waals surface area contributed by atoms with Gasteiger partial charge in [-0.3, -0.25) is 9.48 Å². The number of nitrogens with zero attached hydrogens (tertiary/aromatic N) is 2. The zero-order chi connectivity index (χ0) is 19.6. The van der Waals surface area contributed by atoms with Crippen LogP contribution in [0.15, 0.2) is 36.7 Å². The third-order valence-electron chi connectivity index (χ3n) is 4.28. The molecule has 1 heterocycles. The molecule has 1 aliphatic carbocycles. The number of carbonyl (C=O) groups excluding carboxylic acids is 2. The largest absolute Gasteiger partial charge is 0.444 e. The second-order valence-corrected chi connectivity index (χ2v) is 7.76. The second kappa shape index (κ2) is 7.42. The highest BCUT2D eigenvalue weighted by Gasteiger charge is 2.40. The molecular weight excluding hydrogens is 344 g/mol. The summed E-state index contributed by atoms with van der Waals surface area (Å²) in [5.41, 5.74) is 1.77. The van der Waals surface area contributed by atoms with Crippen LogP contribution in [0.25, 0.3) is 0 Å². The molecule has 1 aromatic heterocycles. The fourth-order valence-corrected chi connectivity index (χ4v) is 2.90. The van der Waals surface area contributed by atoms with E-state index in [1.807, 2.05) is 45.9 Å². The van der Waals surface area contributed by atoms with E-state index in [0.29, 0.717) is 11.3 Å². The van der Waals surface area contributed by atoms with Gasteiger partial charge >= 0.3 is 6.09 Å². The Hall–Kier alpha value is -2.83. The molecule has 0 aliphatic heterocycles. The van der Waals surface area contributed by atoms with Crippen LogP contribution in [0.1, 0.15) is 56.0 Å². The van der Waals surface area contributed by atoms with Crippen LogP contribution in [0.4, 0.5) is 10.5 Å². The summed E-state index contributed by atoms with van der Waals surface area (Å²) in [6, 6.07) is 7.54. The van der Waals surface area contributed by atoms with Crippen LogP contribution < -0.4 is 10.6 Å². The number of hydrogen-bond acceptors (Lipinski definition) is 4. The molecular formula is C20H26N4O3. The van der Waals surface area contributed by atoms with Crippen molar-refractivity contribution in [3.05, 3.63) is 47.8 Å². The maximum absolute atomic E-state index is 12.5. The molecule has 7 heteroatoms. The van der Waals surface area contributed by atoms with E-state index in [2.05, 4.69) is 15.7 Å². The zero-order valence-electron chi connectivity index (χ0n) is 16.2. The molecule has 1 fully saturated rings. The minimum Gasteiger partial charge on any atom is -0.444 e. The van der Waals surface area contributed by atoms with Crippen molar-refractivity contribution < 1.29 is 14.3 Å². The predicted octanol–water partition coefficient (Wildman–Crippen LogP) is 3.54. The maximum atomic E-state index is 12.5. The van der Waals surface area contributed by atoms with Gasteiger partial charge in [-0.15, -0.1) is 0 Å². The highest BCUT2D eigenvalue weighted by molar-refractivity contribution is 6.04. The van der Waals surface area contributed by atoms with Crippen LogP contribution in [-0.2, 0) is 11.3 Å². The first kappa shape index (κ1) is 18.9. The summed E-state index contributed by atoms with van der Waals surface area (Å²) in [4.78, 5) is 24.4. The minimum atomic E-state index is -0.516. The van der Waals surface area contributed by atoms with Crippen LogP contribution in [-0.4, -0.2) is 33.4 Å². The van der Waals surface area contributed by atoms with Crippen LogP contribution in [0.3, 0.4) is 0 Å². The lowest BCUT2D eigenvalue weighted by atomic mass is 10.1. The van der Waals surface area contributed by atoms with E-state index in [0.717, 1.165) is 18.5 Å². The normalized spacial score (nSPS) is 18.7. The minimum absolute atomic E-state index is 0.0425. The molecule has 0 radical (unpaired) electrons. The van der Waals surface area contributed by atoms with Gasteiger partial charge in [0.25, 0.3) is 5.91 Å². The van der Waals surface area contributed by atoms with Crippen molar-refractivity contribution >= 4 is 17.7 Å². The number of ether oxygens (including phenoxy) is 1. The molecule has 1 aliphatic rings. The lowest BCUT2D eigenvalue weighted by Crippen LogP contribution is -2.34. The molecule has 0 saturated heterocycles. The molecule has 0 unspecified atom stereocenters. The molecule has 0 spiro atoms. The van der Waals surface area contributed by atoms with E-state index in [1.54, 1.807) is 23.1 Å². The van der Waals surface area contributed by atoms with Crippen LogP contribution in [0.5, 0.6) is 0 Å². The van der Waals surface area contributed by atoms with Crippen molar-refractivity contribution in [3.8, 4) is 0 Å². The lowest BCUT2D eigenvalue weighted by molar-refractivity contribution is 0.0522. The number of carbonyl (C=O) groups is 2. The average molecular weight is 370 g/mol. The quantitative estimate of drug-likeness (QED) is 0.843. The second-order valence-electron chi connectivity index (χ2n) is 7.76. The molecule has 2 amide bonds. The van der Waals surface area contributed by atoms with Gasteiger partial charge < -0.3 is 15.4 Å². The predicted molar refractivity (Wildman–Crippen MR) is 103 cm³/mol. The zero-order valence-corrected chi connectivity index (χ0v) is 16.2. The summed E-state index contributed by atoms with van der Waals surface area (Å²) in [6.45, 7) is 8.24. The Kier molecular flexibility index (Phi) is 5.21. The fourth-order valence-electron chi connectivity index (χ4n) is 2.90. The monoisotopic (exact) mass is 370 g/mol. The molecule has 144 valence electrons. The van der Waals surface area contributed by atoms with Gasteiger partial charge in [0.15, 0.2) is 0 Å². The Morgan fingerprint density at radius 3 is 2.78 bits per heavy atom. The Morgan fingerprint density at radius 2 is 2.11 bits per heavy atom. The van der Waals surface area contributed by atoms with Crippen LogP contribution in [0, 0.1) is 0 Å². The first-order valence-electron chi connectivity index (χ1n) is 9.18. The molecule has 2 atom stereocenters. The topological polar surface area (TPSA) is 85.2 Å². The van der Waals surface area contributed by atoms with E-state index >= 15 is 0 Å². The van der Waals surface area contributed by atoms with Crippen molar-refractivity contribution in [2.24, 2.45) is 0 Å². The van der Waals surface area contributed by atoms with Gasteiger partial charge in [-0.2, -0.15) is 5.10 Å². The SMILES string of the molecule is CCn1cc(NC(=O)c2cccc([C@@H]3C[C@H]3NC(=O)OC(C)(C)C)c2)cn1. The number of alkyl carbamates (subject to hydrolysis) is 1. The van der Waals surface area contributed by atoms with E-state index in [4.69, 9.17) is 4.74 Å². The lowest BCUT2D eigenvalue weighted by Gasteiger charge is -2.19. The van der Waals surface area contributed by atoms with Crippen molar-refractivity contribution in [3.63, 3.8) is 0 Å². The average Bonchev–Trinajstić information content (AvgIpc) is 3.20. The Labute approximate surface area is 159 Å². The van der Waals surface area contributed by atoms with Crippen molar-refractivity contribution in [1.29, 1.82) is 0 Å². The third kappa shape index (κ3) is 5.09. The van der Waals surface area contributed by atoms with Crippen LogP contribution in [0.2, 0.25) is 0 Å². The summed E-state index contributed by atoms with van der Waals surface area (Å²) in [6.07, 6.45) is 3.86. The van der Waals surface area contributed by atoms with Crippen molar-refractivity contribution in [2.75, 3.05) is 5.32 Å². The Balaban J connectivity index is 1.59. The smallest absolute Gasteiger partial charge is 0.407 e. The molecule has 2 N–H and O–H groups in total. The highest BCUT2D eigenvalue weighted by atomic mass is 16.6. The standard InChI is InChI=1S/C20H26N4O3/c1-5-24-12-15(11-21-24)22-18(25)14-8-6-7-13(9-14)16-10-17(16)23-19(26)27-20(2,3)4/h6-9,11-12,16-17H,5,10H2,1-4H3,(H,22,25)(H,23,26)/t16-,17+/m0/s1. The summed E-state index contributed by atoms with van der Waals surface area (Å²) in [5.74, 6) is 0.0258. The summed E-state index contributed by atoms with van der Waals surface area (Å²) >= 11 is 0. The number of benzene rings is 1. The number of nitrogens with one attached hydrogen (secondary N) is 2. The Bertz CT molecular complexity index is 838. The number of aromatic nitrogens is 2. The van der Waals surface area contributed by atoms with Gasteiger partial charge in [0, 0.05) is 30.3 Å². The van der Waals surface area contributed by atoms with E-state index in [1.165, 1.54) is 0 Å². The van der Waals surface area contributed by atoms with E-state index in [9.17, 15) is 9.59 Å². The number of amides is 2. The van der Waals surface area contributed by atoms with Crippen molar-refractivity contribution in [2.45, 2.75) is 58.2 Å². The number of anilines is 1. The maximum Gasteiger partial charge on any atom is 0.407 e. The number of hydrogen-bond donors (Lipinski definition) is 2. The molecule has 1 saturated carbocycles. The third-order valence-corrected chi connectivity index (χ3v) is 4.28. The summed E-state index contributed by atoms with van der Waals surface area (Å²) < 4.78 is 7.04. The molecule has 1 aromatic carbocycles. The first-order chi connectivity index (χ1) is 12.7. The summed E-state index contributed by atoms with van der Waals surface area (Å²) in [7, 11) is 0. The van der Waals surface area contributed by atoms with Gasteiger partial charge in [0.05, 0.1) is 11.9 Å².